The van der Waals surface area contributed by atoms with Crippen molar-refractivity contribution < 1.29 is 8.83 Å². The molecular formula is C63H36N4O2S. The minimum absolute atomic E-state index is 0.549. The first-order valence-electron chi connectivity index (χ1n) is 23.4. The summed E-state index contributed by atoms with van der Waals surface area (Å²) in [5, 5.41) is 9.11. The van der Waals surface area contributed by atoms with Crippen molar-refractivity contribution in [3.63, 3.8) is 0 Å². The number of benzene rings is 10. The summed E-state index contributed by atoms with van der Waals surface area (Å²) in [7, 11) is 0. The largest absolute Gasteiger partial charge is 0.456 e. The number of rotatable bonds is 6. The minimum Gasteiger partial charge on any atom is -0.456 e. The van der Waals surface area contributed by atoms with E-state index in [2.05, 4.69) is 180 Å². The van der Waals surface area contributed by atoms with Crippen LogP contribution < -0.4 is 0 Å². The number of nitrogens with zero attached hydrogens (tertiary/aromatic N) is 4. The summed E-state index contributed by atoms with van der Waals surface area (Å²) in [4.78, 5) is 15.7. The van der Waals surface area contributed by atoms with Gasteiger partial charge in [-0.1, -0.05) is 152 Å². The van der Waals surface area contributed by atoms with Gasteiger partial charge in [0.25, 0.3) is 0 Å². The molecule has 10 aromatic carbocycles. The monoisotopic (exact) mass is 912 g/mol. The number of hydrogen-bond acceptors (Lipinski definition) is 6. The first-order valence-corrected chi connectivity index (χ1v) is 24.2. The molecule has 0 bridgehead atoms. The SMILES string of the molecule is c1ccc(-c2ccc(-c3nc(-c4ccc5c(c4)oc4ccccc45)nc(-c4cccc5oc6ccc(-c7cccc8c9c%10c(ccc9n(-c9ccccc9)c78)sc7ccccc7%10)cc6c45)n3)cc2)cc1. The van der Waals surface area contributed by atoms with Gasteiger partial charge in [0.15, 0.2) is 17.5 Å². The summed E-state index contributed by atoms with van der Waals surface area (Å²) < 4.78 is 18.1. The maximum atomic E-state index is 6.69. The Morgan fingerprint density at radius 3 is 1.81 bits per heavy atom. The Bertz CT molecular complexity index is 4580. The van der Waals surface area contributed by atoms with Gasteiger partial charge < -0.3 is 13.4 Å². The normalized spacial score (nSPS) is 12.0. The van der Waals surface area contributed by atoms with Crippen molar-refractivity contribution in [3.8, 4) is 62.1 Å². The number of fused-ring (bicyclic) bond motifs is 13. The molecule has 0 atom stereocenters. The van der Waals surface area contributed by atoms with Crippen LogP contribution in [0.5, 0.6) is 0 Å². The van der Waals surface area contributed by atoms with Crippen LogP contribution in [0.3, 0.4) is 0 Å². The fourth-order valence-electron chi connectivity index (χ4n) is 10.7. The molecule has 5 aromatic heterocycles. The van der Waals surface area contributed by atoms with E-state index in [-0.39, 0.29) is 0 Å². The van der Waals surface area contributed by atoms with E-state index in [9.17, 15) is 0 Å². The van der Waals surface area contributed by atoms with E-state index >= 15 is 0 Å². The highest BCUT2D eigenvalue weighted by Gasteiger charge is 2.23. The molecule has 15 aromatic rings. The average Bonchev–Trinajstić information content (AvgIpc) is 4.20. The zero-order valence-electron chi connectivity index (χ0n) is 37.3. The smallest absolute Gasteiger partial charge is 0.164 e. The van der Waals surface area contributed by atoms with Crippen molar-refractivity contribution in [3.05, 3.63) is 218 Å². The molecule has 0 aliphatic heterocycles. The molecule has 7 heteroatoms. The predicted octanol–water partition coefficient (Wildman–Crippen LogP) is 17.5. The standard InChI is InChI=1S/C63H36N4O2S/c1-3-13-37(14-4-1)38-25-27-39(28-26-38)61-64-62(41-29-31-45-44-17-7-9-22-51(44)69-54(45)36-41)66-63(65-61)48-21-12-23-53-57(48)49-35-40(30-33-52(49)68-53)43-19-11-20-47-58-50(67(60(43)47)42-15-5-2-6-16-42)32-34-56-59(58)46-18-8-10-24-55(46)70-56/h1-36H. The fourth-order valence-corrected chi connectivity index (χ4v) is 11.8. The lowest BCUT2D eigenvalue weighted by atomic mass is 9.98. The number of thiophene rings is 1. The summed E-state index contributed by atoms with van der Waals surface area (Å²) in [5.41, 5.74) is 13.7. The lowest BCUT2D eigenvalue weighted by Gasteiger charge is -2.12. The Balaban J connectivity index is 0.945. The van der Waals surface area contributed by atoms with Gasteiger partial charge >= 0.3 is 0 Å². The van der Waals surface area contributed by atoms with Crippen LogP contribution in [0.4, 0.5) is 0 Å². The molecule has 0 spiro atoms. The number of furan rings is 2. The van der Waals surface area contributed by atoms with E-state index in [1.54, 1.807) is 0 Å². The zero-order chi connectivity index (χ0) is 45.9. The van der Waals surface area contributed by atoms with Gasteiger partial charge in [0, 0.05) is 80.4 Å². The second kappa shape index (κ2) is 15.2. The van der Waals surface area contributed by atoms with Gasteiger partial charge in [0.05, 0.1) is 11.0 Å². The highest BCUT2D eigenvalue weighted by molar-refractivity contribution is 7.26. The van der Waals surface area contributed by atoms with E-state index in [4.69, 9.17) is 23.8 Å². The predicted molar refractivity (Wildman–Crippen MR) is 289 cm³/mol. The van der Waals surface area contributed by atoms with Gasteiger partial charge in [-0.25, -0.2) is 15.0 Å². The van der Waals surface area contributed by atoms with Crippen molar-refractivity contribution in [2.75, 3.05) is 0 Å². The van der Waals surface area contributed by atoms with Gasteiger partial charge in [-0.3, -0.25) is 0 Å². The average molecular weight is 913 g/mol. The summed E-state index contributed by atoms with van der Waals surface area (Å²) in [6.45, 7) is 0. The van der Waals surface area contributed by atoms with Gasteiger partial charge in [-0.2, -0.15) is 0 Å². The molecule has 0 unspecified atom stereocenters. The molecule has 0 radical (unpaired) electrons. The molecule has 70 heavy (non-hydrogen) atoms. The molecule has 0 amide bonds. The van der Waals surface area contributed by atoms with Crippen LogP contribution in [0.25, 0.3) is 148 Å². The molecule has 0 aliphatic rings. The molecule has 6 nitrogen and oxygen atoms in total. The molecule has 0 N–H and O–H groups in total. The van der Waals surface area contributed by atoms with E-state index in [0.29, 0.717) is 17.5 Å². The van der Waals surface area contributed by atoms with E-state index < -0.39 is 0 Å². The first-order chi connectivity index (χ1) is 34.7. The van der Waals surface area contributed by atoms with E-state index in [0.717, 1.165) is 94.0 Å². The summed E-state index contributed by atoms with van der Waals surface area (Å²) in [5.74, 6) is 1.67. The van der Waals surface area contributed by atoms with E-state index in [1.165, 1.54) is 36.5 Å². The van der Waals surface area contributed by atoms with Crippen LogP contribution >= 0.6 is 11.3 Å². The Morgan fingerprint density at radius 2 is 0.943 bits per heavy atom. The van der Waals surface area contributed by atoms with Gasteiger partial charge in [-0.05, 0) is 83.4 Å². The Hall–Kier alpha value is -9.17. The highest BCUT2D eigenvalue weighted by Crippen LogP contribution is 2.47. The Kier molecular flexibility index (Phi) is 8.43. The van der Waals surface area contributed by atoms with Crippen LogP contribution in [-0.2, 0) is 0 Å². The number of aromatic nitrogens is 4. The number of hydrogen-bond donors (Lipinski definition) is 0. The number of para-hydroxylation sites is 3. The second-order valence-corrected chi connectivity index (χ2v) is 18.9. The van der Waals surface area contributed by atoms with Crippen molar-refractivity contribution in [1.82, 2.24) is 19.5 Å². The second-order valence-electron chi connectivity index (χ2n) is 17.9. The van der Waals surface area contributed by atoms with Crippen LogP contribution in [0.2, 0.25) is 0 Å². The Labute approximate surface area is 404 Å². The zero-order valence-corrected chi connectivity index (χ0v) is 38.1. The molecule has 0 aliphatic carbocycles. The lowest BCUT2D eigenvalue weighted by Crippen LogP contribution is -2.00. The summed E-state index contributed by atoms with van der Waals surface area (Å²) in [6, 6.07) is 76.7. The molecule has 15 rings (SSSR count). The van der Waals surface area contributed by atoms with Gasteiger partial charge in [0.2, 0.25) is 0 Å². The molecule has 326 valence electrons. The summed E-state index contributed by atoms with van der Waals surface area (Å²) in [6.07, 6.45) is 0. The van der Waals surface area contributed by atoms with Crippen LogP contribution in [0.1, 0.15) is 0 Å². The summed E-state index contributed by atoms with van der Waals surface area (Å²) >= 11 is 1.86. The topological polar surface area (TPSA) is 69.9 Å². The third-order valence-electron chi connectivity index (χ3n) is 13.9. The quantitative estimate of drug-likeness (QED) is 0.166. The third kappa shape index (κ3) is 5.95. The van der Waals surface area contributed by atoms with Crippen LogP contribution in [-0.4, -0.2) is 19.5 Å². The molecule has 0 fully saturated rings. The minimum atomic E-state index is 0.549. The molecular weight excluding hydrogens is 877 g/mol. The maximum Gasteiger partial charge on any atom is 0.164 e. The van der Waals surface area contributed by atoms with Crippen LogP contribution in [0, 0.1) is 0 Å². The van der Waals surface area contributed by atoms with Gasteiger partial charge in [0.1, 0.15) is 22.3 Å². The third-order valence-corrected chi connectivity index (χ3v) is 15.0. The maximum absolute atomic E-state index is 6.69. The van der Waals surface area contributed by atoms with E-state index in [1.807, 2.05) is 53.8 Å². The molecule has 0 saturated carbocycles. The van der Waals surface area contributed by atoms with Gasteiger partial charge in [-0.15, -0.1) is 11.3 Å². The van der Waals surface area contributed by atoms with Crippen molar-refractivity contribution in [1.29, 1.82) is 0 Å². The van der Waals surface area contributed by atoms with Crippen molar-refractivity contribution in [2.45, 2.75) is 0 Å². The highest BCUT2D eigenvalue weighted by atomic mass is 32.1. The fraction of sp³-hybridized carbons (Fsp3) is 0. The van der Waals surface area contributed by atoms with Crippen LogP contribution in [0.15, 0.2) is 227 Å². The lowest BCUT2D eigenvalue weighted by molar-refractivity contribution is 0.668. The first kappa shape index (κ1) is 38.9. The molecule has 0 saturated heterocycles. The van der Waals surface area contributed by atoms with Crippen molar-refractivity contribution >= 4 is 97.2 Å². The van der Waals surface area contributed by atoms with Crippen molar-refractivity contribution in [2.24, 2.45) is 0 Å². The molecule has 5 heterocycles. The Morgan fingerprint density at radius 1 is 0.329 bits per heavy atom.